The number of methoxy groups -OCH3 is 1. The van der Waals surface area contributed by atoms with Crippen LogP contribution in [0.2, 0.25) is 5.15 Å². The van der Waals surface area contributed by atoms with E-state index in [1.54, 1.807) is 0 Å². The van der Waals surface area contributed by atoms with Crippen molar-refractivity contribution in [3.05, 3.63) is 74.2 Å². The van der Waals surface area contributed by atoms with Crippen molar-refractivity contribution in [1.82, 2.24) is 24.6 Å². The second kappa shape index (κ2) is 8.52. The summed E-state index contributed by atoms with van der Waals surface area (Å²) < 4.78 is 6.47. The van der Waals surface area contributed by atoms with Gasteiger partial charge in [0.25, 0.3) is 5.56 Å². The maximum atomic E-state index is 12.8. The normalized spacial score (nSPS) is 14.3. The number of H-pyrrole nitrogens is 1. The molecule has 1 aliphatic rings. The van der Waals surface area contributed by atoms with E-state index in [-0.39, 0.29) is 16.7 Å². The Morgan fingerprint density at radius 2 is 1.97 bits per heavy atom. The average molecular weight is 456 g/mol. The predicted molar refractivity (Wildman–Crippen MR) is 121 cm³/mol. The molecule has 0 saturated carbocycles. The minimum atomic E-state index is -0.552. The third kappa shape index (κ3) is 4.20. The number of nitrogens with zero attached hydrogens (tertiary/aromatic N) is 4. The lowest BCUT2D eigenvalue weighted by Crippen LogP contribution is -2.37. The van der Waals surface area contributed by atoms with Crippen LogP contribution in [-0.4, -0.2) is 44.3 Å². The molecule has 32 heavy (non-hydrogen) atoms. The van der Waals surface area contributed by atoms with E-state index in [0.29, 0.717) is 48.2 Å². The van der Waals surface area contributed by atoms with Gasteiger partial charge in [-0.05, 0) is 12.1 Å². The van der Waals surface area contributed by atoms with Crippen LogP contribution in [0, 0.1) is 0 Å². The van der Waals surface area contributed by atoms with E-state index in [1.165, 1.54) is 11.8 Å². The van der Waals surface area contributed by atoms with E-state index in [9.17, 15) is 9.59 Å². The van der Waals surface area contributed by atoms with Gasteiger partial charge in [0.05, 0.1) is 24.1 Å². The Labute approximate surface area is 191 Å². The molecule has 168 valence electrons. The summed E-state index contributed by atoms with van der Waals surface area (Å²) in [6.45, 7) is 7.51. The quantitative estimate of drug-likeness (QED) is 0.607. The van der Waals surface area contributed by atoms with E-state index in [2.05, 4.69) is 15.0 Å². The first-order chi connectivity index (χ1) is 15.2. The number of para-hydroxylation sites is 1. The molecule has 0 saturated heterocycles. The summed E-state index contributed by atoms with van der Waals surface area (Å²) in [4.78, 5) is 34.9. The summed E-state index contributed by atoms with van der Waals surface area (Å²) in [5.41, 5.74) is 2.60. The van der Waals surface area contributed by atoms with Gasteiger partial charge in [0, 0.05) is 37.0 Å². The minimum Gasteiger partial charge on any atom is -0.464 e. The van der Waals surface area contributed by atoms with Crippen LogP contribution in [0.5, 0.6) is 0 Å². The molecular formula is C23H26ClN5O3. The average Bonchev–Trinajstić information content (AvgIpc) is 3.09. The Kier molecular flexibility index (Phi) is 5.92. The van der Waals surface area contributed by atoms with E-state index >= 15 is 0 Å². The third-order valence-corrected chi connectivity index (χ3v) is 5.93. The third-order valence-electron chi connectivity index (χ3n) is 5.54. The molecule has 0 atom stereocenters. The van der Waals surface area contributed by atoms with Gasteiger partial charge in [0.2, 0.25) is 0 Å². The Balaban J connectivity index is 1.66. The number of hydrogen-bond acceptors (Lipinski definition) is 6. The summed E-state index contributed by atoms with van der Waals surface area (Å²) in [6.07, 6.45) is 0.639. The van der Waals surface area contributed by atoms with Crippen molar-refractivity contribution >= 4 is 17.6 Å². The topological polar surface area (TPSA) is 93.1 Å². The monoisotopic (exact) mass is 455 g/mol. The van der Waals surface area contributed by atoms with Crippen LogP contribution < -0.4 is 5.56 Å². The number of nitrogens with one attached hydrogen (secondary N) is 1. The first-order valence-corrected chi connectivity index (χ1v) is 10.8. The number of hydrogen-bond donors (Lipinski definition) is 1. The lowest BCUT2D eigenvalue weighted by molar-refractivity contribution is 0.0591. The molecule has 1 aromatic carbocycles. The van der Waals surface area contributed by atoms with Gasteiger partial charge in [-0.2, -0.15) is 5.10 Å². The molecule has 0 bridgehead atoms. The van der Waals surface area contributed by atoms with Crippen molar-refractivity contribution in [3.8, 4) is 5.69 Å². The molecule has 0 amide bonds. The van der Waals surface area contributed by atoms with Crippen molar-refractivity contribution in [2.75, 3.05) is 13.7 Å². The lowest BCUT2D eigenvalue weighted by atomic mass is 9.95. The number of benzene rings is 1. The molecule has 0 unspecified atom stereocenters. The molecule has 1 aliphatic heterocycles. The molecular weight excluding hydrogens is 430 g/mol. The highest BCUT2D eigenvalue weighted by Gasteiger charge is 2.29. The molecule has 3 aromatic rings. The van der Waals surface area contributed by atoms with Crippen LogP contribution in [0.4, 0.5) is 0 Å². The molecule has 2 aromatic heterocycles. The largest absolute Gasteiger partial charge is 0.464 e. The summed E-state index contributed by atoms with van der Waals surface area (Å²) in [6, 6.07) is 9.36. The van der Waals surface area contributed by atoms with Crippen molar-refractivity contribution in [3.63, 3.8) is 0 Å². The molecule has 9 heteroatoms. The highest BCUT2D eigenvalue weighted by Crippen LogP contribution is 2.28. The number of carbonyl (C=O) groups is 1. The Morgan fingerprint density at radius 1 is 1.25 bits per heavy atom. The fraction of sp³-hybridized carbons (Fsp3) is 0.391. The fourth-order valence-electron chi connectivity index (χ4n) is 3.77. The van der Waals surface area contributed by atoms with E-state index in [4.69, 9.17) is 21.3 Å². The van der Waals surface area contributed by atoms with Crippen LogP contribution in [0.1, 0.15) is 53.9 Å². The second-order valence-corrected chi connectivity index (χ2v) is 9.27. The Hall–Kier alpha value is -2.97. The van der Waals surface area contributed by atoms with Crippen LogP contribution in [-0.2, 0) is 29.7 Å². The van der Waals surface area contributed by atoms with Crippen molar-refractivity contribution < 1.29 is 9.53 Å². The van der Waals surface area contributed by atoms with Crippen LogP contribution >= 0.6 is 11.6 Å². The van der Waals surface area contributed by atoms with Gasteiger partial charge in [-0.25, -0.2) is 14.5 Å². The predicted octanol–water partition coefficient (Wildman–Crippen LogP) is 3.25. The number of ether oxygens (including phenoxy) is 1. The maximum absolute atomic E-state index is 12.8. The molecule has 0 fully saturated rings. The first kappa shape index (κ1) is 22.2. The molecule has 4 rings (SSSR count). The lowest BCUT2D eigenvalue weighted by Gasteiger charge is -2.28. The van der Waals surface area contributed by atoms with Crippen molar-refractivity contribution in [1.29, 1.82) is 0 Å². The fourth-order valence-corrected chi connectivity index (χ4v) is 4.05. The number of carbonyl (C=O) groups excluding carboxylic acids is 1. The molecule has 0 aliphatic carbocycles. The molecule has 1 N–H and O–H groups in total. The zero-order valence-electron chi connectivity index (χ0n) is 18.6. The number of fused-ring (bicyclic) bond motifs is 1. The Bertz CT molecular complexity index is 1210. The number of aromatic amines is 1. The number of halogens is 1. The zero-order chi connectivity index (χ0) is 23.0. The molecule has 8 nitrogen and oxygen atoms in total. The molecule has 0 spiro atoms. The van der Waals surface area contributed by atoms with E-state index in [1.807, 2.05) is 51.1 Å². The SMILES string of the molecule is COC(=O)c1nn(-c2ccccc2)c(Cl)c1CN1CCc2nc(C(C)(C)C)[nH]c(=O)c2C1. The number of aromatic nitrogens is 4. The van der Waals surface area contributed by atoms with E-state index < -0.39 is 5.97 Å². The highest BCUT2D eigenvalue weighted by atomic mass is 35.5. The summed E-state index contributed by atoms with van der Waals surface area (Å²) in [5.74, 6) is 0.137. The van der Waals surface area contributed by atoms with Gasteiger partial charge in [0.15, 0.2) is 5.69 Å². The van der Waals surface area contributed by atoms with Crippen molar-refractivity contribution in [2.45, 2.75) is 45.7 Å². The summed E-state index contributed by atoms with van der Waals surface area (Å²) >= 11 is 6.67. The zero-order valence-corrected chi connectivity index (χ0v) is 19.4. The van der Waals surface area contributed by atoms with E-state index in [0.717, 1.165) is 11.4 Å². The van der Waals surface area contributed by atoms with Crippen LogP contribution in [0.25, 0.3) is 5.69 Å². The molecule has 3 heterocycles. The maximum Gasteiger partial charge on any atom is 0.358 e. The van der Waals surface area contributed by atoms with Gasteiger partial charge < -0.3 is 9.72 Å². The highest BCUT2D eigenvalue weighted by molar-refractivity contribution is 6.31. The van der Waals surface area contributed by atoms with Gasteiger partial charge in [-0.15, -0.1) is 0 Å². The standard InChI is InChI=1S/C23H26ClN5O3/c1-23(2,3)22-25-17-10-11-28(12-15(17)20(30)26-22)13-16-18(21(31)32-4)27-29(19(16)24)14-8-6-5-7-9-14/h5-9H,10-13H2,1-4H3,(H,25,26,30). The smallest absolute Gasteiger partial charge is 0.358 e. The van der Waals surface area contributed by atoms with Gasteiger partial charge in [0.1, 0.15) is 11.0 Å². The van der Waals surface area contributed by atoms with Crippen molar-refractivity contribution in [2.24, 2.45) is 0 Å². The Morgan fingerprint density at radius 3 is 2.62 bits per heavy atom. The summed E-state index contributed by atoms with van der Waals surface area (Å²) in [7, 11) is 1.32. The second-order valence-electron chi connectivity index (χ2n) is 8.91. The number of esters is 1. The number of rotatable bonds is 4. The van der Waals surface area contributed by atoms with Gasteiger partial charge >= 0.3 is 5.97 Å². The summed E-state index contributed by atoms with van der Waals surface area (Å²) in [5, 5.41) is 4.76. The molecule has 0 radical (unpaired) electrons. The van der Waals surface area contributed by atoms with Crippen LogP contribution in [0.15, 0.2) is 35.1 Å². The minimum absolute atomic E-state index is 0.121. The van der Waals surface area contributed by atoms with Crippen LogP contribution in [0.3, 0.4) is 0 Å². The van der Waals surface area contributed by atoms with Gasteiger partial charge in [-0.3, -0.25) is 9.69 Å². The van der Waals surface area contributed by atoms with Gasteiger partial charge in [-0.1, -0.05) is 50.6 Å². The first-order valence-electron chi connectivity index (χ1n) is 10.4.